The molecule has 13 aliphatic rings. The van der Waals surface area contributed by atoms with Crippen molar-refractivity contribution in [3.8, 4) is 0 Å². The highest BCUT2D eigenvalue weighted by atomic mass is 79.9. The lowest BCUT2D eigenvalue weighted by atomic mass is 9.56. The molecular formula is C97H121BBrF3N6O22S3. The van der Waals surface area contributed by atoms with Crippen molar-refractivity contribution < 1.29 is 116 Å². The first-order valence-electron chi connectivity index (χ1n) is 45.4. The second kappa shape index (κ2) is 41.3. The number of nitrogens with two attached hydrogens (primary N) is 4. The molecule has 11 fully saturated rings. The van der Waals surface area contributed by atoms with Crippen molar-refractivity contribution in [2.45, 2.75) is 203 Å². The molecule has 4 saturated carbocycles. The number of methoxy groups -OCH3 is 5. The molecule has 720 valence electrons. The highest BCUT2D eigenvalue weighted by molar-refractivity contribution is 9.11. The number of nitrogens with zero attached hydrogens (tertiary/aromatic N) is 2. The molecule has 0 radical (unpaired) electrons. The van der Waals surface area contributed by atoms with Gasteiger partial charge in [-0.3, -0.25) is 4.79 Å². The Morgan fingerprint density at radius 2 is 0.789 bits per heavy atom. The number of rotatable bonds is 12. The Morgan fingerprint density at radius 1 is 0.444 bits per heavy atom. The van der Waals surface area contributed by atoms with Crippen LogP contribution in [0.5, 0.6) is 0 Å². The van der Waals surface area contributed by atoms with Crippen molar-refractivity contribution in [3.63, 3.8) is 0 Å². The number of carbonyl (C=O) groups excluding carboxylic acids is 6. The van der Waals surface area contributed by atoms with E-state index in [0.717, 1.165) is 222 Å². The molecule has 6 spiro atoms. The average Bonchev–Trinajstić information content (AvgIpc) is 1.65. The predicted molar refractivity (Wildman–Crippen MR) is 503 cm³/mol. The number of hydrogen-bond donors (Lipinski definition) is 4. The van der Waals surface area contributed by atoms with Crippen molar-refractivity contribution in [3.05, 3.63) is 151 Å². The molecule has 7 saturated heterocycles. The van der Waals surface area contributed by atoms with Crippen LogP contribution >= 0.6 is 38.6 Å². The minimum atomic E-state index is -5.51. The normalized spacial score (nSPS) is 22.5. The summed E-state index contributed by atoms with van der Waals surface area (Å²) in [6.45, 7) is 17.6. The van der Waals surface area contributed by atoms with Gasteiger partial charge >= 0.3 is 52.6 Å². The molecule has 0 unspecified atom stereocenters. The van der Waals surface area contributed by atoms with E-state index in [1.54, 1.807) is 47.7 Å². The summed E-state index contributed by atoms with van der Waals surface area (Å²) in [5, 5.41) is 0.545. The van der Waals surface area contributed by atoms with E-state index < -0.39 is 39.9 Å². The third-order valence-corrected chi connectivity index (χ3v) is 32.8. The maximum Gasteiger partial charge on any atom is 0.534 e. The van der Waals surface area contributed by atoms with E-state index >= 15 is 0 Å². The van der Waals surface area contributed by atoms with E-state index in [2.05, 4.69) is 36.2 Å². The Hall–Kier alpha value is -8.66. The fourth-order valence-electron chi connectivity index (χ4n) is 20.6. The number of thiazole rings is 2. The number of esters is 5. The van der Waals surface area contributed by atoms with E-state index in [4.69, 9.17) is 84.3 Å². The zero-order valence-electron chi connectivity index (χ0n) is 76.9. The maximum atomic E-state index is 12.0. The van der Waals surface area contributed by atoms with Crippen molar-refractivity contribution in [2.24, 2.45) is 32.5 Å². The van der Waals surface area contributed by atoms with Gasteiger partial charge in [-0.2, -0.15) is 21.6 Å². The van der Waals surface area contributed by atoms with Crippen LogP contribution in [0.15, 0.2) is 101 Å². The van der Waals surface area contributed by atoms with Gasteiger partial charge in [0.2, 0.25) is 0 Å². The molecule has 8 N–H and O–H groups in total. The lowest BCUT2D eigenvalue weighted by Crippen LogP contribution is -2.41. The largest absolute Gasteiger partial charge is 0.534 e. The summed E-state index contributed by atoms with van der Waals surface area (Å²) in [6.07, 6.45) is 26.3. The first-order valence-corrected chi connectivity index (χ1v) is 49.2. The summed E-state index contributed by atoms with van der Waals surface area (Å²) < 4.78 is 133. The number of hydrogen-bond acceptors (Lipinski definition) is 30. The van der Waals surface area contributed by atoms with Crippen LogP contribution in [0.4, 0.5) is 35.4 Å². The standard InChI is InChI=1S/C17H18BrNO3S.C17H20N2O3S.C16H21NO3.C16H19NO3.C14H20BNO4.C9H11F3O4S.C8H12O2/c2*1-21-15(20)10-6-12(14-13(7-10)23-16(18)19-14)11-8-17(9-11)2-4-22-5-3-17;2*1-19-15(18)11-2-3-14(17)13(8-11)12-9-16(10-12)4-6-20-7-5-16;1-13(2)14(3,4)20-15(19-13)10-8-9(12(17)18-5)6-7-11(10)16;10-9(11,12)17(13,14)16-7-5-8(6-7)1-3-15-4-2-8;9-7-5-8(6-7)1-3-10-4-2-8/h6-7,11H,2-5,8-9H2,1H3;6-7,11H,2-5,8-9H2,1H3,(H2,18,19);2-3,8,12H,4-7,9-10,17H2,1H3;2-3,8-9H,4-7,10,17H2,1H3;6-8H,16H2,1-5H3;5H,1-4,6H2;1-6H2. The Bertz CT molecular complexity index is 5450. The molecule has 7 aliphatic heterocycles. The first kappa shape index (κ1) is 100. The molecule has 6 aliphatic carbocycles. The van der Waals surface area contributed by atoms with E-state index in [1.165, 1.54) is 76.9 Å². The summed E-state index contributed by atoms with van der Waals surface area (Å²) in [4.78, 5) is 78.6. The first-order chi connectivity index (χ1) is 63.2. The SMILES string of the molecule is COC(=O)c1cc(C2CC3(CCOCC3)C2)c2nc(Br)sc2c1.COC(=O)c1cc(C2CC3(CCOCC3)C2)c2nc(N)sc2c1.COC(=O)c1ccc(N)c(B2OC(C)(C)C(C)(C)O2)c1.COC(=O)c1ccc(N)c(C2=CC3(CCOCC3)C2)c1.COC(=O)c1ccc(N)c(C2CC3(CCOCC3)C2)c1.O=C1CC2(CCOCC2)C1.O=S(=O)(OC1=CC2(CCOCC2)C1)C(F)(F)F. The molecule has 2 aromatic heterocycles. The quantitative estimate of drug-likeness (QED) is 0.0220. The van der Waals surface area contributed by atoms with E-state index in [9.17, 15) is 50.4 Å². The molecule has 0 amide bonds. The van der Waals surface area contributed by atoms with Crippen LogP contribution < -0.4 is 28.4 Å². The van der Waals surface area contributed by atoms with Crippen molar-refractivity contribution in [2.75, 3.05) is 138 Å². The monoisotopic (exact) mass is 1960 g/mol. The number of carbonyl (C=O) groups is 6. The lowest BCUT2D eigenvalue weighted by molar-refractivity contribution is -0.138. The van der Waals surface area contributed by atoms with Crippen LogP contribution in [0.3, 0.4) is 0 Å². The van der Waals surface area contributed by atoms with Gasteiger partial charge in [-0.1, -0.05) is 17.4 Å². The van der Waals surface area contributed by atoms with Gasteiger partial charge in [0.25, 0.3) is 0 Å². The number of fused-ring (bicyclic) bond motifs is 2. The zero-order chi connectivity index (χ0) is 95.3. The molecule has 133 heavy (non-hydrogen) atoms. The fraction of sp³-hybridized carbons (Fsp3) is 0.567. The number of benzene rings is 5. The van der Waals surface area contributed by atoms with Gasteiger partial charge in [-0.05, 0) is 318 Å². The molecule has 20 rings (SSSR count). The van der Waals surface area contributed by atoms with Gasteiger partial charge in [0, 0.05) is 132 Å². The van der Waals surface area contributed by atoms with E-state index in [-0.39, 0.29) is 41.5 Å². The average molecular weight is 1970 g/mol. The van der Waals surface area contributed by atoms with Crippen LogP contribution in [0.25, 0.3) is 26.0 Å². The number of allylic oxidation sites excluding steroid dienone is 4. The lowest BCUT2D eigenvalue weighted by Gasteiger charge is -2.50. The number of aromatic nitrogens is 2. The van der Waals surface area contributed by atoms with Gasteiger partial charge in [-0.25, -0.2) is 33.9 Å². The number of anilines is 4. The van der Waals surface area contributed by atoms with Crippen molar-refractivity contribution in [1.82, 2.24) is 9.97 Å². The summed E-state index contributed by atoms with van der Waals surface area (Å²) >= 11 is 6.46. The van der Waals surface area contributed by atoms with Crippen molar-refractivity contribution in [1.29, 1.82) is 0 Å². The Balaban J connectivity index is 0.000000126. The summed E-state index contributed by atoms with van der Waals surface area (Å²) in [5.74, 6) is 0.0961. The van der Waals surface area contributed by atoms with Crippen LogP contribution in [0.1, 0.15) is 261 Å². The number of alkyl halides is 3. The third-order valence-electron chi connectivity index (χ3n) is 29.5. The molecule has 28 nitrogen and oxygen atoms in total. The smallest absolute Gasteiger partial charge is 0.465 e. The Morgan fingerprint density at radius 3 is 1.20 bits per heavy atom. The summed E-state index contributed by atoms with van der Waals surface area (Å²) in [7, 11) is 0.859. The number of ketones is 1. The summed E-state index contributed by atoms with van der Waals surface area (Å²) in [5.41, 5.74) is 32.6. The minimum absolute atomic E-state index is 0.121. The van der Waals surface area contributed by atoms with Gasteiger partial charge < -0.3 is 88.5 Å². The van der Waals surface area contributed by atoms with Crippen molar-refractivity contribution >= 4 is 145 Å². The molecule has 0 bridgehead atoms. The van der Waals surface area contributed by atoms with Gasteiger partial charge in [0.15, 0.2) is 9.05 Å². The van der Waals surface area contributed by atoms with Gasteiger partial charge in [0.05, 0.1) is 95.0 Å². The van der Waals surface area contributed by atoms with Crippen LogP contribution in [0.2, 0.25) is 0 Å². The van der Waals surface area contributed by atoms with E-state index in [1.807, 2.05) is 70.2 Å². The molecule has 7 aromatic rings. The highest BCUT2D eigenvalue weighted by Gasteiger charge is 2.55. The van der Waals surface area contributed by atoms with Gasteiger partial charge in [0.1, 0.15) is 11.5 Å². The topological polar surface area (TPSA) is 396 Å². The van der Waals surface area contributed by atoms with Crippen LogP contribution in [-0.2, 0) is 80.5 Å². The van der Waals surface area contributed by atoms with Crippen LogP contribution in [0, 0.1) is 32.5 Å². The minimum Gasteiger partial charge on any atom is -0.465 e. The molecule has 5 aromatic carbocycles. The van der Waals surface area contributed by atoms with Gasteiger partial charge in [-0.15, -0.1) is 11.3 Å². The second-order valence-electron chi connectivity index (χ2n) is 38.6. The maximum absolute atomic E-state index is 12.0. The Labute approximate surface area is 790 Å². The predicted octanol–water partition coefficient (Wildman–Crippen LogP) is 17.7. The Kier molecular flexibility index (Phi) is 31.2. The third kappa shape index (κ3) is 22.9. The second-order valence-corrected chi connectivity index (χ2v) is 43.5. The summed E-state index contributed by atoms with van der Waals surface area (Å²) in [6, 6.07) is 23.3. The molecular weight excluding hydrogens is 1840 g/mol. The molecule has 36 heteroatoms. The molecule has 0 atom stereocenters. The number of ether oxygens (including phenoxy) is 11. The van der Waals surface area contributed by atoms with E-state index in [0.29, 0.717) is 126 Å². The number of Topliss-reactive ketones (excluding diaryl/α,β-unsaturated/α-hetero) is 1. The fourth-order valence-corrected chi connectivity index (χ4v) is 23.4. The van der Waals surface area contributed by atoms with Crippen LogP contribution in [-0.4, -0.2) is 193 Å². The number of nitrogen functional groups attached to an aromatic ring is 4. The highest BCUT2D eigenvalue weighted by Crippen LogP contribution is 2.61. The zero-order valence-corrected chi connectivity index (χ0v) is 81.0. The molecule has 9 heterocycles. The number of halogens is 4.